The molecule has 102 valence electrons. The molecular weight excluding hydrogens is 278 g/mol. The molecule has 19 heavy (non-hydrogen) atoms. The first kappa shape index (κ1) is 14.3. The molecule has 3 nitrogen and oxygen atoms in total. The van der Waals surface area contributed by atoms with Gasteiger partial charge in [0.15, 0.2) is 11.0 Å². The highest BCUT2D eigenvalue weighted by molar-refractivity contribution is 7.12. The average Bonchev–Trinajstić information content (AvgIpc) is 2.65. The number of nitrogens with one attached hydrogen (secondary N) is 1. The number of hydrogen-bond acceptors (Lipinski definition) is 4. The summed E-state index contributed by atoms with van der Waals surface area (Å²) < 4.78 is 0. The summed E-state index contributed by atoms with van der Waals surface area (Å²) in [6.45, 7) is 10.2. The Labute approximate surface area is 123 Å². The van der Waals surface area contributed by atoms with Crippen LogP contribution in [-0.4, -0.2) is 9.97 Å². The van der Waals surface area contributed by atoms with E-state index in [2.05, 4.69) is 42.1 Å². The summed E-state index contributed by atoms with van der Waals surface area (Å²) in [6.07, 6.45) is 0. The smallest absolute Gasteiger partial charge is 0.171 e. The minimum atomic E-state index is 0.166. The Morgan fingerprint density at radius 3 is 2.37 bits per heavy atom. The molecule has 5 heteroatoms. The highest BCUT2D eigenvalue weighted by atomic mass is 35.5. The quantitative estimate of drug-likeness (QED) is 0.899. The Morgan fingerprint density at radius 2 is 1.79 bits per heavy atom. The van der Waals surface area contributed by atoms with Gasteiger partial charge in [0.1, 0.15) is 0 Å². The summed E-state index contributed by atoms with van der Waals surface area (Å²) in [5.41, 5.74) is 3.06. The van der Waals surface area contributed by atoms with E-state index >= 15 is 0 Å². The molecule has 0 spiro atoms. The number of aryl methyl sites for hydroxylation is 4. The van der Waals surface area contributed by atoms with E-state index in [-0.39, 0.29) is 6.04 Å². The second-order valence-electron chi connectivity index (χ2n) is 4.77. The zero-order valence-corrected chi connectivity index (χ0v) is 13.4. The number of rotatable bonds is 3. The lowest BCUT2D eigenvalue weighted by atomic mass is 10.1. The molecule has 1 unspecified atom stereocenters. The molecule has 2 aromatic rings. The van der Waals surface area contributed by atoms with Crippen LogP contribution in [0.4, 0.5) is 5.82 Å². The van der Waals surface area contributed by atoms with Crippen molar-refractivity contribution in [3.05, 3.63) is 37.9 Å². The summed E-state index contributed by atoms with van der Waals surface area (Å²) >= 11 is 7.95. The zero-order valence-electron chi connectivity index (χ0n) is 11.8. The van der Waals surface area contributed by atoms with Crippen LogP contribution in [0.15, 0.2) is 6.07 Å². The Kier molecular flexibility index (Phi) is 4.11. The van der Waals surface area contributed by atoms with Gasteiger partial charge in [-0.2, -0.15) is 0 Å². The molecule has 0 aliphatic rings. The number of aromatic nitrogens is 2. The Hall–Kier alpha value is -1.13. The number of thiophene rings is 1. The molecule has 0 bridgehead atoms. The van der Waals surface area contributed by atoms with Crippen LogP contribution < -0.4 is 5.32 Å². The molecule has 2 aromatic heterocycles. The fourth-order valence-corrected chi connectivity index (χ4v) is 3.28. The van der Waals surface area contributed by atoms with E-state index in [9.17, 15) is 0 Å². The standard InChI is InChI=1S/C14H18ClN3S/c1-7-6-12(11(5)19-7)10(4)18-14-13(15)16-8(2)9(3)17-14/h6,10H,1-5H3,(H,17,18). The van der Waals surface area contributed by atoms with E-state index in [0.29, 0.717) is 11.0 Å². The van der Waals surface area contributed by atoms with E-state index in [1.807, 2.05) is 25.2 Å². The number of anilines is 1. The fraction of sp³-hybridized carbons (Fsp3) is 0.429. The lowest BCUT2D eigenvalue weighted by Crippen LogP contribution is -2.10. The van der Waals surface area contributed by atoms with E-state index in [1.54, 1.807) is 0 Å². The molecule has 0 aliphatic carbocycles. The largest absolute Gasteiger partial charge is 0.361 e. The average molecular weight is 296 g/mol. The zero-order chi connectivity index (χ0) is 14.2. The molecule has 2 rings (SSSR count). The van der Waals surface area contributed by atoms with Gasteiger partial charge in [0.2, 0.25) is 0 Å². The number of nitrogens with zero attached hydrogens (tertiary/aromatic N) is 2. The highest BCUT2D eigenvalue weighted by Gasteiger charge is 2.14. The van der Waals surface area contributed by atoms with Gasteiger partial charge in [-0.1, -0.05) is 11.6 Å². The summed E-state index contributed by atoms with van der Waals surface area (Å²) in [5, 5.41) is 3.78. The SMILES string of the molecule is Cc1cc(C(C)Nc2nc(C)c(C)nc2Cl)c(C)s1. The third-order valence-electron chi connectivity index (χ3n) is 3.16. The van der Waals surface area contributed by atoms with Gasteiger partial charge in [-0.05, 0) is 46.2 Å². The van der Waals surface area contributed by atoms with Crippen molar-refractivity contribution in [1.29, 1.82) is 0 Å². The molecule has 0 aromatic carbocycles. The third kappa shape index (κ3) is 3.07. The summed E-state index contributed by atoms with van der Waals surface area (Å²) in [6, 6.07) is 2.37. The molecular formula is C14H18ClN3S. The van der Waals surface area contributed by atoms with Crippen LogP contribution in [0.3, 0.4) is 0 Å². The van der Waals surface area contributed by atoms with Crippen molar-refractivity contribution in [1.82, 2.24) is 9.97 Å². The maximum atomic E-state index is 6.14. The van der Waals surface area contributed by atoms with Crippen LogP contribution >= 0.6 is 22.9 Å². The lowest BCUT2D eigenvalue weighted by Gasteiger charge is -2.16. The highest BCUT2D eigenvalue weighted by Crippen LogP contribution is 2.29. The Morgan fingerprint density at radius 1 is 1.16 bits per heavy atom. The van der Waals surface area contributed by atoms with Gasteiger partial charge in [-0.3, -0.25) is 0 Å². The first-order chi connectivity index (χ1) is 8.88. The van der Waals surface area contributed by atoms with Gasteiger partial charge in [0, 0.05) is 9.75 Å². The normalized spacial score (nSPS) is 12.5. The van der Waals surface area contributed by atoms with Gasteiger partial charge in [0.25, 0.3) is 0 Å². The van der Waals surface area contributed by atoms with Gasteiger partial charge in [0.05, 0.1) is 17.4 Å². The Balaban J connectivity index is 2.26. The molecule has 1 N–H and O–H groups in total. The van der Waals surface area contributed by atoms with Crippen LogP contribution in [0.1, 0.15) is 39.7 Å². The van der Waals surface area contributed by atoms with Crippen molar-refractivity contribution in [3.8, 4) is 0 Å². The first-order valence-electron chi connectivity index (χ1n) is 6.22. The van der Waals surface area contributed by atoms with Crippen LogP contribution in [0.2, 0.25) is 5.15 Å². The van der Waals surface area contributed by atoms with Crippen molar-refractivity contribution in [2.75, 3.05) is 5.32 Å². The second kappa shape index (κ2) is 5.47. The van der Waals surface area contributed by atoms with E-state index in [1.165, 1.54) is 15.3 Å². The minimum Gasteiger partial charge on any atom is -0.361 e. The second-order valence-corrected chi connectivity index (χ2v) is 6.59. The van der Waals surface area contributed by atoms with E-state index in [0.717, 1.165) is 11.4 Å². The van der Waals surface area contributed by atoms with Crippen molar-refractivity contribution in [2.45, 2.75) is 40.7 Å². The molecule has 1 atom stereocenters. The lowest BCUT2D eigenvalue weighted by molar-refractivity contribution is 0.863. The van der Waals surface area contributed by atoms with Gasteiger partial charge in [-0.25, -0.2) is 9.97 Å². The first-order valence-corrected chi connectivity index (χ1v) is 7.42. The maximum absolute atomic E-state index is 6.14. The van der Waals surface area contributed by atoms with Crippen molar-refractivity contribution >= 4 is 28.8 Å². The molecule has 0 fully saturated rings. The molecule has 2 heterocycles. The molecule has 0 saturated heterocycles. The topological polar surface area (TPSA) is 37.8 Å². The van der Waals surface area contributed by atoms with Gasteiger partial charge >= 0.3 is 0 Å². The van der Waals surface area contributed by atoms with E-state index < -0.39 is 0 Å². The minimum absolute atomic E-state index is 0.166. The van der Waals surface area contributed by atoms with Gasteiger partial charge < -0.3 is 5.32 Å². The molecule has 0 saturated carbocycles. The van der Waals surface area contributed by atoms with E-state index in [4.69, 9.17) is 11.6 Å². The predicted molar refractivity (Wildman–Crippen MR) is 82.3 cm³/mol. The number of hydrogen-bond donors (Lipinski definition) is 1. The van der Waals surface area contributed by atoms with Crippen molar-refractivity contribution in [2.24, 2.45) is 0 Å². The van der Waals surface area contributed by atoms with Crippen molar-refractivity contribution < 1.29 is 0 Å². The maximum Gasteiger partial charge on any atom is 0.171 e. The Bertz CT molecular complexity index is 607. The summed E-state index contributed by atoms with van der Waals surface area (Å²) in [4.78, 5) is 11.4. The summed E-state index contributed by atoms with van der Waals surface area (Å²) in [7, 11) is 0. The fourth-order valence-electron chi connectivity index (χ4n) is 2.03. The molecule has 0 aliphatic heterocycles. The van der Waals surface area contributed by atoms with Crippen LogP contribution in [0.25, 0.3) is 0 Å². The number of halogens is 1. The van der Waals surface area contributed by atoms with Crippen LogP contribution in [0.5, 0.6) is 0 Å². The van der Waals surface area contributed by atoms with Crippen molar-refractivity contribution in [3.63, 3.8) is 0 Å². The summed E-state index contributed by atoms with van der Waals surface area (Å²) in [5.74, 6) is 0.653. The monoisotopic (exact) mass is 295 g/mol. The molecule has 0 amide bonds. The van der Waals surface area contributed by atoms with Crippen LogP contribution in [0, 0.1) is 27.7 Å². The predicted octanol–water partition coefficient (Wildman–Crippen LogP) is 4.60. The van der Waals surface area contributed by atoms with Crippen LogP contribution in [-0.2, 0) is 0 Å². The van der Waals surface area contributed by atoms with Gasteiger partial charge in [-0.15, -0.1) is 11.3 Å². The third-order valence-corrected chi connectivity index (χ3v) is 4.41. The molecule has 0 radical (unpaired) electrons.